The average Bonchev–Trinajstić information content (AvgIpc) is 2.25. The third-order valence-corrected chi connectivity index (χ3v) is 2.44. The Hall–Kier alpha value is -1.57. The molecule has 0 amide bonds. The van der Waals surface area contributed by atoms with Gasteiger partial charge in [-0.15, -0.1) is 0 Å². The van der Waals surface area contributed by atoms with E-state index in [0.717, 1.165) is 16.9 Å². The van der Waals surface area contributed by atoms with Crippen LogP contribution in [0.4, 0.5) is 0 Å². The van der Waals surface area contributed by atoms with Crippen LogP contribution in [0.15, 0.2) is 29.8 Å². The molecular formula is C14H18O2. The molecule has 0 atom stereocenters. The molecule has 0 radical (unpaired) electrons. The van der Waals surface area contributed by atoms with Gasteiger partial charge in [0.2, 0.25) is 0 Å². The fourth-order valence-electron chi connectivity index (χ4n) is 1.59. The molecule has 86 valence electrons. The minimum atomic E-state index is 0.123. The van der Waals surface area contributed by atoms with E-state index in [1.807, 2.05) is 44.2 Å². The molecule has 0 aliphatic carbocycles. The molecule has 2 heteroatoms. The van der Waals surface area contributed by atoms with Gasteiger partial charge in [0.25, 0.3) is 0 Å². The van der Waals surface area contributed by atoms with Crippen LogP contribution in [0.5, 0.6) is 5.75 Å². The normalized spacial score (nSPS) is 11.7. The molecule has 0 bridgehead atoms. The molecule has 0 fully saturated rings. The second kappa shape index (κ2) is 5.50. The Morgan fingerprint density at radius 3 is 2.56 bits per heavy atom. The van der Waals surface area contributed by atoms with Crippen molar-refractivity contribution < 1.29 is 9.53 Å². The van der Waals surface area contributed by atoms with Crippen LogP contribution in [0, 0.1) is 5.92 Å². The highest BCUT2D eigenvalue weighted by atomic mass is 16.5. The van der Waals surface area contributed by atoms with Gasteiger partial charge in [-0.25, -0.2) is 0 Å². The fourth-order valence-corrected chi connectivity index (χ4v) is 1.59. The van der Waals surface area contributed by atoms with Crippen LogP contribution in [0.1, 0.15) is 26.3 Å². The lowest BCUT2D eigenvalue weighted by Crippen LogP contribution is -2.03. The fraction of sp³-hybridized carbons (Fsp3) is 0.357. The molecule has 2 nitrogen and oxygen atoms in total. The highest BCUT2D eigenvalue weighted by molar-refractivity contribution is 5.98. The van der Waals surface area contributed by atoms with E-state index in [-0.39, 0.29) is 11.7 Å². The standard InChI is InChI=1S/C14H18O2/c1-10(2)14(11(3)15)9-12-6-5-7-13(8-12)16-4/h5-10H,1-4H3/b14-9+. The Labute approximate surface area is 96.9 Å². The van der Waals surface area contributed by atoms with E-state index < -0.39 is 0 Å². The highest BCUT2D eigenvalue weighted by Crippen LogP contribution is 2.19. The van der Waals surface area contributed by atoms with Gasteiger partial charge in [0.1, 0.15) is 5.75 Å². The summed E-state index contributed by atoms with van der Waals surface area (Å²) >= 11 is 0. The summed E-state index contributed by atoms with van der Waals surface area (Å²) in [4.78, 5) is 11.4. The van der Waals surface area contributed by atoms with E-state index in [9.17, 15) is 4.79 Å². The quantitative estimate of drug-likeness (QED) is 0.725. The predicted octanol–water partition coefficient (Wildman–Crippen LogP) is 3.32. The summed E-state index contributed by atoms with van der Waals surface area (Å²) in [6.07, 6.45) is 1.93. The molecule has 0 heterocycles. The zero-order valence-corrected chi connectivity index (χ0v) is 10.3. The molecule has 16 heavy (non-hydrogen) atoms. The van der Waals surface area contributed by atoms with Crippen molar-refractivity contribution in [2.45, 2.75) is 20.8 Å². The second-order valence-corrected chi connectivity index (χ2v) is 4.09. The molecule has 0 saturated carbocycles. The Bertz CT molecular complexity index is 403. The molecule has 0 aliphatic rings. The average molecular weight is 218 g/mol. The van der Waals surface area contributed by atoms with Crippen molar-refractivity contribution in [2.24, 2.45) is 5.92 Å². The second-order valence-electron chi connectivity index (χ2n) is 4.09. The number of allylic oxidation sites excluding steroid dienone is 1. The molecule has 0 unspecified atom stereocenters. The number of methoxy groups -OCH3 is 1. The number of Topliss-reactive ketones (excluding diaryl/α,β-unsaturated/α-hetero) is 1. The van der Waals surface area contributed by atoms with Gasteiger partial charge in [-0.2, -0.15) is 0 Å². The van der Waals surface area contributed by atoms with Crippen LogP contribution in [0.3, 0.4) is 0 Å². The van der Waals surface area contributed by atoms with Crippen molar-refractivity contribution in [1.29, 1.82) is 0 Å². The molecule has 1 aromatic carbocycles. The maximum atomic E-state index is 11.4. The summed E-state index contributed by atoms with van der Waals surface area (Å²) in [6, 6.07) is 7.70. The molecule has 0 aromatic heterocycles. The minimum absolute atomic E-state index is 0.123. The van der Waals surface area contributed by atoms with Crippen molar-refractivity contribution in [3.8, 4) is 5.75 Å². The first-order chi connectivity index (χ1) is 7.54. The van der Waals surface area contributed by atoms with Crippen molar-refractivity contribution in [2.75, 3.05) is 7.11 Å². The Kier molecular flexibility index (Phi) is 4.29. The van der Waals surface area contributed by atoms with E-state index in [2.05, 4.69) is 0 Å². The van der Waals surface area contributed by atoms with Crippen LogP contribution in [0.25, 0.3) is 6.08 Å². The highest BCUT2D eigenvalue weighted by Gasteiger charge is 2.08. The molecule has 1 rings (SSSR count). The summed E-state index contributed by atoms with van der Waals surface area (Å²) in [5, 5.41) is 0. The van der Waals surface area contributed by atoms with Gasteiger partial charge in [0.05, 0.1) is 7.11 Å². The smallest absolute Gasteiger partial charge is 0.156 e. The van der Waals surface area contributed by atoms with Crippen molar-refractivity contribution >= 4 is 11.9 Å². The van der Waals surface area contributed by atoms with Gasteiger partial charge in [-0.3, -0.25) is 4.79 Å². The number of carbonyl (C=O) groups excluding carboxylic acids is 1. The van der Waals surface area contributed by atoms with E-state index in [1.54, 1.807) is 14.0 Å². The van der Waals surface area contributed by atoms with Gasteiger partial charge < -0.3 is 4.74 Å². The molecule has 0 N–H and O–H groups in total. The first-order valence-corrected chi connectivity index (χ1v) is 5.41. The van der Waals surface area contributed by atoms with Gasteiger partial charge in [-0.05, 0) is 42.2 Å². The lowest BCUT2D eigenvalue weighted by molar-refractivity contribution is -0.113. The third kappa shape index (κ3) is 3.23. The van der Waals surface area contributed by atoms with E-state index in [0.29, 0.717) is 0 Å². The number of benzene rings is 1. The largest absolute Gasteiger partial charge is 0.497 e. The summed E-state index contributed by atoms with van der Waals surface area (Å²) in [6.45, 7) is 5.65. The van der Waals surface area contributed by atoms with Crippen molar-refractivity contribution in [3.05, 3.63) is 35.4 Å². The van der Waals surface area contributed by atoms with Crippen molar-refractivity contribution in [1.82, 2.24) is 0 Å². The van der Waals surface area contributed by atoms with Crippen molar-refractivity contribution in [3.63, 3.8) is 0 Å². The number of carbonyl (C=O) groups is 1. The first kappa shape index (κ1) is 12.5. The molecular weight excluding hydrogens is 200 g/mol. The zero-order valence-electron chi connectivity index (χ0n) is 10.3. The monoisotopic (exact) mass is 218 g/mol. The van der Waals surface area contributed by atoms with Crippen LogP contribution in [0.2, 0.25) is 0 Å². The molecule has 1 aromatic rings. The van der Waals surface area contributed by atoms with Crippen LogP contribution in [-0.4, -0.2) is 12.9 Å². The number of ether oxygens (including phenoxy) is 1. The summed E-state index contributed by atoms with van der Waals surface area (Å²) in [5.41, 5.74) is 1.84. The lowest BCUT2D eigenvalue weighted by Gasteiger charge is -2.08. The van der Waals surface area contributed by atoms with Gasteiger partial charge in [0, 0.05) is 0 Å². The van der Waals surface area contributed by atoms with Gasteiger partial charge >= 0.3 is 0 Å². The minimum Gasteiger partial charge on any atom is -0.497 e. The van der Waals surface area contributed by atoms with E-state index >= 15 is 0 Å². The van der Waals surface area contributed by atoms with Gasteiger partial charge in [-0.1, -0.05) is 26.0 Å². The SMILES string of the molecule is COc1cccc(/C=C(/C(C)=O)C(C)C)c1. The molecule has 0 aliphatic heterocycles. The predicted molar refractivity (Wildman–Crippen MR) is 66.5 cm³/mol. The summed E-state index contributed by atoms with van der Waals surface area (Å²) in [7, 11) is 1.64. The van der Waals surface area contributed by atoms with Gasteiger partial charge in [0.15, 0.2) is 5.78 Å². The van der Waals surface area contributed by atoms with E-state index in [4.69, 9.17) is 4.74 Å². The van der Waals surface area contributed by atoms with Crippen LogP contribution in [-0.2, 0) is 4.79 Å². The number of ketones is 1. The lowest BCUT2D eigenvalue weighted by atomic mass is 9.97. The maximum absolute atomic E-state index is 11.4. The van der Waals surface area contributed by atoms with Crippen LogP contribution >= 0.6 is 0 Å². The maximum Gasteiger partial charge on any atom is 0.156 e. The third-order valence-electron chi connectivity index (χ3n) is 2.44. The van der Waals surface area contributed by atoms with Crippen LogP contribution < -0.4 is 4.74 Å². The Morgan fingerprint density at radius 2 is 2.06 bits per heavy atom. The topological polar surface area (TPSA) is 26.3 Å². The summed E-state index contributed by atoms with van der Waals surface area (Å²) < 4.78 is 5.14. The first-order valence-electron chi connectivity index (χ1n) is 5.41. The zero-order chi connectivity index (χ0) is 12.1. The summed E-state index contributed by atoms with van der Waals surface area (Å²) in [5.74, 6) is 1.17. The number of hydrogen-bond donors (Lipinski definition) is 0. The molecule has 0 saturated heterocycles. The molecule has 0 spiro atoms. The number of rotatable bonds is 4. The Balaban J connectivity index is 3.07. The van der Waals surface area contributed by atoms with E-state index in [1.165, 1.54) is 0 Å². The number of hydrogen-bond acceptors (Lipinski definition) is 2. The Morgan fingerprint density at radius 1 is 1.38 bits per heavy atom.